The summed E-state index contributed by atoms with van der Waals surface area (Å²) in [5, 5.41) is 2.92. The summed E-state index contributed by atoms with van der Waals surface area (Å²) in [7, 11) is 0. The number of halogens is 2. The van der Waals surface area contributed by atoms with E-state index >= 15 is 0 Å². The SMILES string of the molecule is CCOC(=O)/C(=C/NC1CC1)C(=O)c1cc(F)c(C2=CCN(C(C)=O)CC2)cc1F. The Morgan fingerprint density at radius 3 is 2.53 bits per heavy atom. The van der Waals surface area contributed by atoms with Gasteiger partial charge in [-0.1, -0.05) is 6.08 Å². The first-order chi connectivity index (χ1) is 14.3. The Bertz CT molecular complexity index is 935. The number of ether oxygens (including phenoxy) is 1. The van der Waals surface area contributed by atoms with Crippen LogP contribution >= 0.6 is 0 Å². The number of Topliss-reactive ketones (excluding diaryl/α,β-unsaturated/α-hetero) is 1. The summed E-state index contributed by atoms with van der Waals surface area (Å²) in [5.74, 6) is -3.60. The molecular weight excluding hydrogens is 394 g/mol. The molecule has 1 saturated carbocycles. The number of nitrogens with one attached hydrogen (secondary N) is 1. The third kappa shape index (κ3) is 4.93. The Hall–Kier alpha value is -3.03. The molecule has 1 aromatic carbocycles. The number of hydrogen-bond donors (Lipinski definition) is 1. The molecule has 1 fully saturated rings. The smallest absolute Gasteiger partial charge is 0.343 e. The number of esters is 1. The summed E-state index contributed by atoms with van der Waals surface area (Å²) in [5.41, 5.74) is -0.289. The number of nitrogens with zero attached hydrogens (tertiary/aromatic N) is 1. The zero-order valence-corrected chi connectivity index (χ0v) is 17.0. The van der Waals surface area contributed by atoms with Crippen LogP contribution in [0.2, 0.25) is 0 Å². The fourth-order valence-corrected chi connectivity index (χ4v) is 3.19. The van der Waals surface area contributed by atoms with Gasteiger partial charge in [-0.05, 0) is 43.9 Å². The van der Waals surface area contributed by atoms with Gasteiger partial charge in [0.1, 0.15) is 17.2 Å². The monoisotopic (exact) mass is 418 g/mol. The van der Waals surface area contributed by atoms with Gasteiger partial charge in [0.05, 0.1) is 12.2 Å². The lowest BCUT2D eigenvalue weighted by Crippen LogP contribution is -2.32. The molecule has 1 aliphatic carbocycles. The molecule has 1 aliphatic heterocycles. The summed E-state index contributed by atoms with van der Waals surface area (Å²) in [6.07, 6.45) is 5.10. The van der Waals surface area contributed by atoms with Gasteiger partial charge in [-0.3, -0.25) is 9.59 Å². The number of rotatable bonds is 7. The average Bonchev–Trinajstić information content (AvgIpc) is 3.54. The summed E-state index contributed by atoms with van der Waals surface area (Å²) in [6.45, 7) is 3.81. The lowest BCUT2D eigenvalue weighted by Gasteiger charge is -2.25. The van der Waals surface area contributed by atoms with Crippen LogP contribution in [0.3, 0.4) is 0 Å². The first kappa shape index (κ1) is 21.7. The second-order valence-electron chi connectivity index (χ2n) is 7.30. The first-order valence-electron chi connectivity index (χ1n) is 9.93. The van der Waals surface area contributed by atoms with Crippen LogP contribution in [0.5, 0.6) is 0 Å². The van der Waals surface area contributed by atoms with Gasteiger partial charge in [0.2, 0.25) is 11.7 Å². The van der Waals surface area contributed by atoms with Crippen molar-refractivity contribution in [2.75, 3.05) is 19.7 Å². The van der Waals surface area contributed by atoms with Crippen LogP contribution in [0.15, 0.2) is 30.0 Å². The first-order valence-corrected chi connectivity index (χ1v) is 9.93. The van der Waals surface area contributed by atoms with Crippen molar-refractivity contribution in [3.63, 3.8) is 0 Å². The molecule has 1 amide bonds. The van der Waals surface area contributed by atoms with Gasteiger partial charge < -0.3 is 15.0 Å². The van der Waals surface area contributed by atoms with Crippen LogP contribution in [0, 0.1) is 11.6 Å². The Balaban J connectivity index is 1.87. The molecule has 0 unspecified atom stereocenters. The van der Waals surface area contributed by atoms with Gasteiger partial charge in [0.15, 0.2) is 0 Å². The quantitative estimate of drug-likeness (QED) is 0.242. The molecule has 0 aromatic heterocycles. The van der Waals surface area contributed by atoms with E-state index in [1.165, 1.54) is 13.1 Å². The van der Waals surface area contributed by atoms with Crippen molar-refractivity contribution in [2.24, 2.45) is 0 Å². The van der Waals surface area contributed by atoms with Crippen molar-refractivity contribution >= 4 is 23.2 Å². The van der Waals surface area contributed by atoms with Gasteiger partial charge in [0.25, 0.3) is 0 Å². The number of carbonyl (C=O) groups is 3. The Morgan fingerprint density at radius 1 is 1.23 bits per heavy atom. The molecule has 3 rings (SSSR count). The fraction of sp³-hybridized carbons (Fsp3) is 0.409. The Morgan fingerprint density at radius 2 is 1.97 bits per heavy atom. The molecule has 0 bridgehead atoms. The van der Waals surface area contributed by atoms with E-state index in [4.69, 9.17) is 4.74 Å². The van der Waals surface area contributed by atoms with E-state index in [9.17, 15) is 23.2 Å². The molecule has 0 saturated heterocycles. The Kier molecular flexibility index (Phi) is 6.64. The maximum Gasteiger partial charge on any atom is 0.343 e. The molecule has 8 heteroatoms. The minimum Gasteiger partial charge on any atom is -0.462 e. The molecule has 2 aliphatic rings. The van der Waals surface area contributed by atoms with Crippen LogP contribution < -0.4 is 5.32 Å². The van der Waals surface area contributed by atoms with Crippen molar-refractivity contribution in [1.82, 2.24) is 10.2 Å². The molecule has 1 aromatic rings. The van der Waals surface area contributed by atoms with E-state index in [1.807, 2.05) is 0 Å². The highest BCUT2D eigenvalue weighted by molar-refractivity contribution is 6.24. The van der Waals surface area contributed by atoms with Crippen molar-refractivity contribution in [1.29, 1.82) is 0 Å². The minimum atomic E-state index is -0.940. The average molecular weight is 418 g/mol. The van der Waals surface area contributed by atoms with E-state index in [2.05, 4.69) is 5.32 Å². The van der Waals surface area contributed by atoms with Crippen LogP contribution in [-0.4, -0.2) is 48.3 Å². The third-order valence-electron chi connectivity index (χ3n) is 5.08. The predicted molar refractivity (Wildman–Crippen MR) is 106 cm³/mol. The maximum atomic E-state index is 14.8. The lowest BCUT2D eigenvalue weighted by atomic mass is 9.95. The largest absolute Gasteiger partial charge is 0.462 e. The fourth-order valence-electron chi connectivity index (χ4n) is 3.19. The van der Waals surface area contributed by atoms with Crippen LogP contribution in [0.25, 0.3) is 5.57 Å². The summed E-state index contributed by atoms with van der Waals surface area (Å²) in [4.78, 5) is 38.0. The van der Waals surface area contributed by atoms with E-state index in [0.29, 0.717) is 25.1 Å². The summed E-state index contributed by atoms with van der Waals surface area (Å²) >= 11 is 0. The molecule has 1 N–H and O–H groups in total. The third-order valence-corrected chi connectivity index (χ3v) is 5.08. The van der Waals surface area contributed by atoms with E-state index in [-0.39, 0.29) is 29.7 Å². The van der Waals surface area contributed by atoms with Crippen molar-refractivity contribution in [2.45, 2.75) is 39.2 Å². The number of carbonyl (C=O) groups excluding carboxylic acids is 3. The van der Waals surface area contributed by atoms with Gasteiger partial charge in [-0.15, -0.1) is 0 Å². The molecule has 0 radical (unpaired) electrons. The molecule has 0 spiro atoms. The predicted octanol–water partition coefficient (Wildman–Crippen LogP) is 2.98. The second-order valence-corrected chi connectivity index (χ2v) is 7.30. The standard InChI is InChI=1S/C22H24F2N2O4/c1-3-30-22(29)18(12-25-15-4-5-15)21(28)17-11-19(23)16(10-20(17)24)14-6-8-26(9-7-14)13(2)27/h6,10-12,15,25H,3-5,7-9H2,1-2H3/b18-12+. The Labute approximate surface area is 173 Å². The minimum absolute atomic E-state index is 0.0463. The van der Waals surface area contributed by atoms with Gasteiger partial charge in [-0.25, -0.2) is 13.6 Å². The highest BCUT2D eigenvalue weighted by Crippen LogP contribution is 2.28. The highest BCUT2D eigenvalue weighted by atomic mass is 19.1. The topological polar surface area (TPSA) is 75.7 Å². The highest BCUT2D eigenvalue weighted by Gasteiger charge is 2.28. The number of amides is 1. The summed E-state index contributed by atoms with van der Waals surface area (Å²) < 4.78 is 34.5. The molecule has 30 heavy (non-hydrogen) atoms. The maximum absolute atomic E-state index is 14.8. The van der Waals surface area contributed by atoms with Crippen molar-refractivity contribution < 1.29 is 27.9 Å². The van der Waals surface area contributed by atoms with Gasteiger partial charge in [-0.2, -0.15) is 0 Å². The van der Waals surface area contributed by atoms with E-state index in [0.717, 1.165) is 25.0 Å². The van der Waals surface area contributed by atoms with Crippen molar-refractivity contribution in [3.8, 4) is 0 Å². The van der Waals surface area contributed by atoms with Gasteiger partial charge >= 0.3 is 5.97 Å². The molecule has 6 nitrogen and oxygen atoms in total. The molecule has 160 valence electrons. The zero-order chi connectivity index (χ0) is 21.8. The van der Waals surface area contributed by atoms with Crippen LogP contribution in [-0.2, 0) is 14.3 Å². The zero-order valence-electron chi connectivity index (χ0n) is 17.0. The number of hydrogen-bond acceptors (Lipinski definition) is 5. The van der Waals surface area contributed by atoms with Gasteiger partial charge in [0, 0.05) is 37.8 Å². The molecular formula is C22H24F2N2O4. The number of benzene rings is 1. The van der Waals surface area contributed by atoms with E-state index < -0.39 is 29.0 Å². The van der Waals surface area contributed by atoms with Crippen LogP contribution in [0.1, 0.15) is 49.0 Å². The van der Waals surface area contributed by atoms with E-state index in [1.54, 1.807) is 17.9 Å². The second kappa shape index (κ2) is 9.19. The molecule has 0 atom stereocenters. The van der Waals surface area contributed by atoms with Crippen LogP contribution in [0.4, 0.5) is 8.78 Å². The lowest BCUT2D eigenvalue weighted by molar-refractivity contribution is -0.138. The van der Waals surface area contributed by atoms with Crippen molar-refractivity contribution in [3.05, 3.63) is 52.7 Å². The molecule has 1 heterocycles. The number of ketones is 1. The summed E-state index contributed by atoms with van der Waals surface area (Å²) in [6, 6.07) is 1.95. The normalized spacial score (nSPS) is 16.7.